The largest absolute Gasteiger partial charge is 0.358 e. The maximum atomic E-state index is 12.3. The van der Waals surface area contributed by atoms with Crippen molar-refractivity contribution in [2.24, 2.45) is 5.92 Å². The molecule has 2 aliphatic carbocycles. The van der Waals surface area contributed by atoms with Crippen molar-refractivity contribution < 1.29 is 4.79 Å². The Kier molecular flexibility index (Phi) is 3.72. The summed E-state index contributed by atoms with van der Waals surface area (Å²) in [5.74, 6) is 0.663. The van der Waals surface area contributed by atoms with Gasteiger partial charge < -0.3 is 10.3 Å². The Morgan fingerprint density at radius 3 is 3.09 bits per heavy atom. The topological polar surface area (TPSA) is 44.9 Å². The third-order valence-electron chi connectivity index (χ3n) is 5.36. The zero-order chi connectivity index (χ0) is 15.8. The van der Waals surface area contributed by atoms with Gasteiger partial charge in [-0.2, -0.15) is 0 Å². The Hall–Kier alpha value is -2.03. The third kappa shape index (κ3) is 2.80. The Labute approximate surface area is 137 Å². The van der Waals surface area contributed by atoms with E-state index >= 15 is 0 Å². The van der Waals surface area contributed by atoms with E-state index in [1.165, 1.54) is 27.7 Å². The molecule has 1 aromatic heterocycles. The summed E-state index contributed by atoms with van der Waals surface area (Å²) < 4.78 is 0. The monoisotopic (exact) mass is 308 g/mol. The highest BCUT2D eigenvalue weighted by atomic mass is 16.1. The first-order valence-electron chi connectivity index (χ1n) is 8.76. The molecule has 23 heavy (non-hydrogen) atoms. The molecule has 0 bridgehead atoms. The van der Waals surface area contributed by atoms with Gasteiger partial charge in [-0.05, 0) is 56.1 Å². The van der Waals surface area contributed by atoms with Crippen LogP contribution in [0, 0.1) is 12.8 Å². The lowest BCUT2D eigenvalue weighted by Crippen LogP contribution is -2.39. The Balaban J connectivity index is 1.48. The van der Waals surface area contributed by atoms with Gasteiger partial charge in [0.1, 0.15) is 0 Å². The van der Waals surface area contributed by atoms with Crippen LogP contribution in [0.4, 0.5) is 0 Å². The number of fused-ring (bicyclic) bond motifs is 3. The predicted molar refractivity (Wildman–Crippen MR) is 93.5 cm³/mol. The standard InChI is InChI=1S/C20H24N2O/c1-13-5-4-8-16-17-12-15(9-10-18(17)22-20(13)16)21-19(23)11-14-6-2-3-7-14/h2,4-6,8,14-15,22H,3,7,9-12H2,1H3,(H,21,23). The van der Waals surface area contributed by atoms with Crippen LogP contribution in [-0.2, 0) is 17.6 Å². The number of aromatic nitrogens is 1. The highest BCUT2D eigenvalue weighted by Crippen LogP contribution is 2.31. The maximum Gasteiger partial charge on any atom is 0.220 e. The minimum absolute atomic E-state index is 0.214. The number of hydrogen-bond donors (Lipinski definition) is 2. The fourth-order valence-electron chi connectivity index (χ4n) is 4.10. The summed E-state index contributed by atoms with van der Waals surface area (Å²) in [7, 11) is 0. The lowest BCUT2D eigenvalue weighted by atomic mass is 9.91. The molecule has 2 aromatic rings. The van der Waals surface area contributed by atoms with Crippen LogP contribution in [-0.4, -0.2) is 16.9 Å². The molecule has 2 unspecified atom stereocenters. The van der Waals surface area contributed by atoms with Crippen molar-refractivity contribution in [3.8, 4) is 0 Å². The second kappa shape index (κ2) is 5.88. The number of carbonyl (C=O) groups is 1. The number of aromatic amines is 1. The average Bonchev–Trinajstić information content (AvgIpc) is 3.15. The summed E-state index contributed by atoms with van der Waals surface area (Å²) >= 11 is 0. The third-order valence-corrected chi connectivity index (χ3v) is 5.36. The highest BCUT2D eigenvalue weighted by Gasteiger charge is 2.24. The molecule has 0 saturated heterocycles. The molecule has 1 aromatic carbocycles. The molecule has 0 saturated carbocycles. The van der Waals surface area contributed by atoms with Crippen LogP contribution >= 0.6 is 0 Å². The van der Waals surface area contributed by atoms with Crippen molar-refractivity contribution in [3.05, 3.63) is 47.2 Å². The average molecular weight is 308 g/mol. The minimum Gasteiger partial charge on any atom is -0.358 e. The molecular weight excluding hydrogens is 284 g/mol. The van der Waals surface area contributed by atoms with Crippen molar-refractivity contribution in [1.29, 1.82) is 0 Å². The van der Waals surface area contributed by atoms with Crippen molar-refractivity contribution >= 4 is 16.8 Å². The molecule has 3 heteroatoms. The van der Waals surface area contributed by atoms with Crippen molar-refractivity contribution in [2.75, 3.05) is 0 Å². The number of carbonyl (C=O) groups excluding carboxylic acids is 1. The molecule has 1 amide bonds. The maximum absolute atomic E-state index is 12.3. The SMILES string of the molecule is Cc1cccc2c3c([nH]c12)CCC(NC(=O)CC1C=CCC1)C3. The molecule has 120 valence electrons. The molecule has 2 N–H and O–H groups in total. The van der Waals surface area contributed by atoms with Gasteiger partial charge in [-0.1, -0.05) is 30.4 Å². The number of nitrogens with one attached hydrogen (secondary N) is 2. The van der Waals surface area contributed by atoms with Gasteiger partial charge in [-0.25, -0.2) is 0 Å². The number of H-pyrrole nitrogens is 1. The van der Waals surface area contributed by atoms with Crippen LogP contribution < -0.4 is 5.32 Å². The van der Waals surface area contributed by atoms with E-state index < -0.39 is 0 Å². The van der Waals surface area contributed by atoms with Crippen LogP contribution in [0.25, 0.3) is 10.9 Å². The van der Waals surface area contributed by atoms with E-state index in [-0.39, 0.29) is 11.9 Å². The normalized spacial score (nSPS) is 23.2. The fraction of sp³-hybridized carbons (Fsp3) is 0.450. The summed E-state index contributed by atoms with van der Waals surface area (Å²) in [5, 5.41) is 4.60. The van der Waals surface area contributed by atoms with Gasteiger partial charge in [-0.3, -0.25) is 4.79 Å². The predicted octanol–water partition coefficient (Wildman–Crippen LogP) is 3.81. The number of rotatable bonds is 3. The number of allylic oxidation sites excluding steroid dienone is 2. The molecule has 1 heterocycles. The van der Waals surface area contributed by atoms with Gasteiger partial charge >= 0.3 is 0 Å². The summed E-state index contributed by atoms with van der Waals surface area (Å²) in [4.78, 5) is 15.9. The van der Waals surface area contributed by atoms with Crippen LogP contribution in [0.2, 0.25) is 0 Å². The van der Waals surface area contributed by atoms with E-state index in [0.717, 1.165) is 32.1 Å². The lowest BCUT2D eigenvalue weighted by molar-refractivity contribution is -0.122. The van der Waals surface area contributed by atoms with Crippen LogP contribution in [0.5, 0.6) is 0 Å². The zero-order valence-electron chi connectivity index (χ0n) is 13.7. The van der Waals surface area contributed by atoms with Gasteiger partial charge in [0, 0.05) is 29.1 Å². The molecule has 4 rings (SSSR count). The van der Waals surface area contributed by atoms with Crippen LogP contribution in [0.15, 0.2) is 30.4 Å². The minimum atomic E-state index is 0.214. The number of para-hydroxylation sites is 1. The number of amides is 1. The van der Waals surface area contributed by atoms with E-state index in [1.807, 2.05) is 0 Å². The van der Waals surface area contributed by atoms with Gasteiger partial charge in [-0.15, -0.1) is 0 Å². The molecule has 0 aliphatic heterocycles. The number of aryl methyl sites for hydroxylation is 2. The first kappa shape index (κ1) is 14.6. The summed E-state index contributed by atoms with van der Waals surface area (Å²) in [6.45, 7) is 2.15. The van der Waals surface area contributed by atoms with Crippen LogP contribution in [0.1, 0.15) is 42.5 Å². The molecule has 0 radical (unpaired) electrons. The lowest BCUT2D eigenvalue weighted by Gasteiger charge is -2.24. The van der Waals surface area contributed by atoms with Crippen molar-refractivity contribution in [1.82, 2.24) is 10.3 Å². The molecule has 2 aliphatic rings. The van der Waals surface area contributed by atoms with Gasteiger partial charge in [0.2, 0.25) is 5.91 Å². The number of hydrogen-bond acceptors (Lipinski definition) is 1. The molecule has 0 fully saturated rings. The summed E-state index contributed by atoms with van der Waals surface area (Å²) in [6.07, 6.45) is 10.3. The zero-order valence-corrected chi connectivity index (χ0v) is 13.7. The van der Waals surface area contributed by atoms with Gasteiger partial charge in [0.05, 0.1) is 0 Å². The first-order valence-corrected chi connectivity index (χ1v) is 8.76. The molecule has 0 spiro atoms. The Morgan fingerprint density at radius 2 is 2.26 bits per heavy atom. The number of benzene rings is 1. The fourth-order valence-corrected chi connectivity index (χ4v) is 4.10. The molecule has 3 nitrogen and oxygen atoms in total. The Morgan fingerprint density at radius 1 is 1.35 bits per heavy atom. The quantitative estimate of drug-likeness (QED) is 0.832. The highest BCUT2D eigenvalue weighted by molar-refractivity contribution is 5.87. The summed E-state index contributed by atoms with van der Waals surface area (Å²) in [6, 6.07) is 6.75. The smallest absolute Gasteiger partial charge is 0.220 e. The van der Waals surface area contributed by atoms with Crippen molar-refractivity contribution in [2.45, 2.75) is 51.5 Å². The molecular formula is C20H24N2O. The van der Waals surface area contributed by atoms with E-state index in [2.05, 4.69) is 47.6 Å². The molecule has 2 atom stereocenters. The second-order valence-electron chi connectivity index (χ2n) is 7.06. The van der Waals surface area contributed by atoms with Gasteiger partial charge in [0.25, 0.3) is 0 Å². The van der Waals surface area contributed by atoms with Crippen molar-refractivity contribution in [3.63, 3.8) is 0 Å². The second-order valence-corrected chi connectivity index (χ2v) is 7.06. The first-order chi connectivity index (χ1) is 11.2. The van der Waals surface area contributed by atoms with E-state index in [9.17, 15) is 4.79 Å². The van der Waals surface area contributed by atoms with E-state index in [1.54, 1.807) is 0 Å². The summed E-state index contributed by atoms with van der Waals surface area (Å²) in [5.41, 5.74) is 5.32. The Bertz CT molecular complexity index is 771. The van der Waals surface area contributed by atoms with E-state index in [0.29, 0.717) is 12.3 Å². The van der Waals surface area contributed by atoms with Crippen LogP contribution in [0.3, 0.4) is 0 Å². The van der Waals surface area contributed by atoms with Gasteiger partial charge in [0.15, 0.2) is 0 Å². The van der Waals surface area contributed by atoms with E-state index in [4.69, 9.17) is 0 Å².